The maximum atomic E-state index is 12.3. The summed E-state index contributed by atoms with van der Waals surface area (Å²) in [7, 11) is 0. The van der Waals surface area contributed by atoms with E-state index >= 15 is 0 Å². The fourth-order valence-electron chi connectivity index (χ4n) is 3.08. The number of aryl methyl sites for hydroxylation is 1. The number of rotatable bonds is 5. The third-order valence-electron chi connectivity index (χ3n) is 4.45. The lowest BCUT2D eigenvalue weighted by molar-refractivity contribution is -0.393. The van der Waals surface area contributed by atoms with Crippen LogP contribution in [0.15, 0.2) is 28.8 Å². The summed E-state index contributed by atoms with van der Waals surface area (Å²) in [6, 6.07) is 5.21. The van der Waals surface area contributed by atoms with E-state index in [4.69, 9.17) is 4.52 Å². The fraction of sp³-hybridized carbons (Fsp3) is 0.375. The number of aromatic nitrogens is 1. The number of amides is 1. The molecule has 1 amide bonds. The van der Waals surface area contributed by atoms with Crippen molar-refractivity contribution in [3.8, 4) is 0 Å². The number of carbonyl (C=O) groups is 1. The van der Waals surface area contributed by atoms with E-state index < -0.39 is 9.85 Å². The monoisotopic (exact) mass is 375 g/mol. The molecule has 1 aromatic heterocycles. The van der Waals surface area contributed by atoms with Gasteiger partial charge in [-0.3, -0.25) is 25.0 Å². The average Bonchev–Trinajstić information content (AvgIpc) is 3.06. The number of hydrogen-bond acceptors (Lipinski definition) is 8. The lowest BCUT2D eigenvalue weighted by Gasteiger charge is -2.32. The second-order valence-corrected chi connectivity index (χ2v) is 6.26. The summed E-state index contributed by atoms with van der Waals surface area (Å²) in [6.07, 6.45) is 0.994. The van der Waals surface area contributed by atoms with Gasteiger partial charge in [0.2, 0.25) is 5.91 Å². The zero-order valence-electron chi connectivity index (χ0n) is 14.5. The Morgan fingerprint density at radius 3 is 2.48 bits per heavy atom. The first kappa shape index (κ1) is 18.3. The highest BCUT2D eigenvalue weighted by Gasteiger charge is 2.29. The van der Waals surface area contributed by atoms with Gasteiger partial charge in [0.25, 0.3) is 11.4 Å². The quantitative estimate of drug-likeness (QED) is 0.620. The Balaban J connectivity index is 1.67. The zero-order valence-corrected chi connectivity index (χ0v) is 14.5. The molecule has 1 aliphatic rings. The van der Waals surface area contributed by atoms with Crippen molar-refractivity contribution in [3.63, 3.8) is 0 Å². The van der Waals surface area contributed by atoms with Crippen LogP contribution in [0.1, 0.15) is 18.6 Å². The molecule has 2 heterocycles. The zero-order chi connectivity index (χ0) is 19.6. The SMILES string of the molecule is Cc1cc(NC(=O)C2CCN(c3ccc([N+](=O)[O-])cc3[N+](=O)[O-])CC2)no1. The second-order valence-electron chi connectivity index (χ2n) is 6.26. The minimum absolute atomic E-state index is 0.179. The Kier molecular flexibility index (Phi) is 5.01. The van der Waals surface area contributed by atoms with Gasteiger partial charge >= 0.3 is 0 Å². The van der Waals surface area contributed by atoms with E-state index in [2.05, 4.69) is 10.5 Å². The van der Waals surface area contributed by atoms with Crippen LogP contribution < -0.4 is 10.2 Å². The lowest BCUT2D eigenvalue weighted by atomic mass is 9.95. The van der Waals surface area contributed by atoms with E-state index in [0.717, 1.165) is 6.07 Å². The third-order valence-corrected chi connectivity index (χ3v) is 4.45. The van der Waals surface area contributed by atoms with Crippen molar-refractivity contribution >= 4 is 28.8 Å². The Morgan fingerprint density at radius 2 is 1.93 bits per heavy atom. The molecule has 11 heteroatoms. The van der Waals surface area contributed by atoms with Gasteiger partial charge in [-0.1, -0.05) is 5.16 Å². The predicted molar refractivity (Wildman–Crippen MR) is 94.6 cm³/mol. The third kappa shape index (κ3) is 4.02. The van der Waals surface area contributed by atoms with Crippen molar-refractivity contribution in [2.45, 2.75) is 19.8 Å². The Bertz CT molecular complexity index is 887. The number of nitrogens with zero attached hydrogens (tertiary/aromatic N) is 4. The smallest absolute Gasteiger partial charge is 0.299 e. The van der Waals surface area contributed by atoms with Crippen molar-refractivity contribution < 1.29 is 19.2 Å². The number of nitro groups is 2. The van der Waals surface area contributed by atoms with Crippen molar-refractivity contribution in [2.24, 2.45) is 5.92 Å². The number of anilines is 2. The molecule has 0 saturated carbocycles. The standard InChI is InChI=1S/C16H17N5O6/c1-10-8-15(18-27-10)17-16(22)11-4-6-19(7-5-11)13-3-2-12(20(23)24)9-14(13)21(25)26/h2-3,8-9,11H,4-7H2,1H3,(H,17,18,22). The van der Waals surface area contributed by atoms with Crippen LogP contribution in [0, 0.1) is 33.1 Å². The number of piperidine rings is 1. The molecule has 0 aliphatic carbocycles. The summed E-state index contributed by atoms with van der Waals surface area (Å²) in [4.78, 5) is 34.9. The summed E-state index contributed by atoms with van der Waals surface area (Å²) < 4.78 is 4.90. The second kappa shape index (κ2) is 7.40. The number of nitrogens with one attached hydrogen (secondary N) is 1. The van der Waals surface area contributed by atoms with E-state index in [-0.39, 0.29) is 23.2 Å². The lowest BCUT2D eigenvalue weighted by Crippen LogP contribution is -2.38. The molecular formula is C16H17N5O6. The molecular weight excluding hydrogens is 358 g/mol. The Morgan fingerprint density at radius 1 is 1.22 bits per heavy atom. The maximum absolute atomic E-state index is 12.3. The first-order chi connectivity index (χ1) is 12.8. The van der Waals surface area contributed by atoms with Crippen LogP contribution >= 0.6 is 0 Å². The van der Waals surface area contributed by atoms with Crippen molar-refractivity contribution in [2.75, 3.05) is 23.3 Å². The molecule has 1 aromatic carbocycles. The van der Waals surface area contributed by atoms with E-state index in [0.29, 0.717) is 43.2 Å². The van der Waals surface area contributed by atoms with Crippen LogP contribution in [0.4, 0.5) is 22.9 Å². The molecule has 2 aromatic rings. The molecule has 0 spiro atoms. The van der Waals surface area contributed by atoms with Crippen molar-refractivity contribution in [3.05, 3.63) is 50.3 Å². The minimum Gasteiger partial charge on any atom is -0.366 e. The van der Waals surface area contributed by atoms with Gasteiger partial charge in [-0.05, 0) is 25.8 Å². The summed E-state index contributed by atoms with van der Waals surface area (Å²) in [5.74, 6) is 0.507. The topological polar surface area (TPSA) is 145 Å². The summed E-state index contributed by atoms with van der Waals surface area (Å²) in [5, 5.41) is 28.5. The molecule has 3 rings (SSSR count). The molecule has 0 radical (unpaired) electrons. The van der Waals surface area contributed by atoms with Gasteiger partial charge in [0.1, 0.15) is 11.4 Å². The predicted octanol–water partition coefficient (Wildman–Crippen LogP) is 2.65. The van der Waals surface area contributed by atoms with Gasteiger partial charge in [-0.25, -0.2) is 0 Å². The number of hydrogen-bond donors (Lipinski definition) is 1. The van der Waals surface area contributed by atoms with Crippen molar-refractivity contribution in [1.82, 2.24) is 5.16 Å². The van der Waals surface area contributed by atoms with E-state index in [1.165, 1.54) is 12.1 Å². The number of carbonyl (C=O) groups excluding carboxylic acids is 1. The minimum atomic E-state index is -0.668. The summed E-state index contributed by atoms with van der Waals surface area (Å²) >= 11 is 0. The first-order valence-electron chi connectivity index (χ1n) is 8.27. The van der Waals surface area contributed by atoms with Crippen LogP contribution in [0.25, 0.3) is 0 Å². The fourth-order valence-corrected chi connectivity index (χ4v) is 3.08. The van der Waals surface area contributed by atoms with Gasteiger partial charge < -0.3 is 14.7 Å². The Labute approximate surface area is 153 Å². The number of nitro benzene ring substituents is 2. The van der Waals surface area contributed by atoms with Crippen LogP contribution in [0.2, 0.25) is 0 Å². The van der Waals surface area contributed by atoms with Gasteiger partial charge in [0.15, 0.2) is 5.82 Å². The van der Waals surface area contributed by atoms with E-state index in [1.54, 1.807) is 17.9 Å². The summed E-state index contributed by atoms with van der Waals surface area (Å²) in [6.45, 7) is 2.57. The van der Waals surface area contributed by atoms with Gasteiger partial charge in [0.05, 0.1) is 15.9 Å². The number of non-ortho nitro benzene ring substituents is 1. The number of benzene rings is 1. The molecule has 27 heavy (non-hydrogen) atoms. The van der Waals surface area contributed by atoms with Crippen LogP contribution in [0.5, 0.6) is 0 Å². The van der Waals surface area contributed by atoms with Crippen molar-refractivity contribution in [1.29, 1.82) is 0 Å². The molecule has 0 bridgehead atoms. The normalized spacial score (nSPS) is 14.8. The summed E-state index contributed by atoms with van der Waals surface area (Å²) in [5.41, 5.74) is -0.329. The Hall–Kier alpha value is -3.50. The van der Waals surface area contributed by atoms with E-state index in [9.17, 15) is 25.0 Å². The first-order valence-corrected chi connectivity index (χ1v) is 8.27. The van der Waals surface area contributed by atoms with Crippen LogP contribution in [-0.2, 0) is 4.79 Å². The van der Waals surface area contributed by atoms with Gasteiger partial charge in [0, 0.05) is 31.1 Å². The average molecular weight is 375 g/mol. The highest BCUT2D eigenvalue weighted by atomic mass is 16.6. The largest absolute Gasteiger partial charge is 0.366 e. The molecule has 1 saturated heterocycles. The maximum Gasteiger partial charge on any atom is 0.299 e. The van der Waals surface area contributed by atoms with Gasteiger partial charge in [-0.2, -0.15) is 0 Å². The highest BCUT2D eigenvalue weighted by Crippen LogP contribution is 2.34. The highest BCUT2D eigenvalue weighted by molar-refractivity contribution is 5.91. The van der Waals surface area contributed by atoms with E-state index in [1.807, 2.05) is 0 Å². The van der Waals surface area contributed by atoms with Gasteiger partial charge in [-0.15, -0.1) is 0 Å². The molecule has 1 N–H and O–H groups in total. The molecule has 0 atom stereocenters. The van der Waals surface area contributed by atoms with Crippen LogP contribution in [0.3, 0.4) is 0 Å². The van der Waals surface area contributed by atoms with Crippen LogP contribution in [-0.4, -0.2) is 34.0 Å². The molecule has 0 unspecified atom stereocenters. The molecule has 1 aliphatic heterocycles. The molecule has 142 valence electrons. The molecule has 11 nitrogen and oxygen atoms in total. The molecule has 1 fully saturated rings.